The first kappa shape index (κ1) is 20.7. The van der Waals surface area contributed by atoms with Crippen LogP contribution < -0.4 is 5.32 Å². The number of nitrogens with zero attached hydrogens (tertiary/aromatic N) is 2. The monoisotopic (exact) mass is 473 g/mol. The van der Waals surface area contributed by atoms with Gasteiger partial charge in [0.15, 0.2) is 0 Å². The third-order valence-corrected chi connectivity index (χ3v) is 7.18. The predicted molar refractivity (Wildman–Crippen MR) is 133 cm³/mol. The number of amides is 1. The summed E-state index contributed by atoms with van der Waals surface area (Å²) in [6.45, 7) is 0. The fourth-order valence-electron chi connectivity index (χ4n) is 3.35. The van der Waals surface area contributed by atoms with E-state index >= 15 is 0 Å². The Hall–Kier alpha value is -3.19. The van der Waals surface area contributed by atoms with E-state index in [1.54, 1.807) is 41.9 Å². The van der Waals surface area contributed by atoms with Crippen LogP contribution in [0.15, 0.2) is 100 Å². The largest absolute Gasteiger partial charge is 0.321 e. The van der Waals surface area contributed by atoms with Gasteiger partial charge in [0.2, 0.25) is 0 Å². The van der Waals surface area contributed by atoms with E-state index in [1.807, 2.05) is 42.5 Å². The van der Waals surface area contributed by atoms with Gasteiger partial charge in [-0.15, -0.1) is 11.3 Å². The normalized spacial score (nSPS) is 10.9. The summed E-state index contributed by atoms with van der Waals surface area (Å²) in [7, 11) is 0. The van der Waals surface area contributed by atoms with Gasteiger partial charge in [-0.05, 0) is 29.8 Å². The second-order valence-electron chi connectivity index (χ2n) is 6.91. The molecule has 3 aromatic carbocycles. The lowest BCUT2D eigenvalue weighted by Gasteiger charge is -2.12. The number of fused-ring (bicyclic) bond motifs is 1. The van der Waals surface area contributed by atoms with Crippen molar-refractivity contribution in [3.05, 3.63) is 101 Å². The SMILES string of the molecule is O=C(Nc1ccccc1Sc1ncnc2scc(-c3ccccc3)c12)c1ccccc1Cl. The van der Waals surface area contributed by atoms with Crippen LogP contribution in [0, 0.1) is 0 Å². The minimum Gasteiger partial charge on any atom is -0.321 e. The Morgan fingerprint density at radius 2 is 1.66 bits per heavy atom. The summed E-state index contributed by atoms with van der Waals surface area (Å²) in [6.07, 6.45) is 1.58. The fraction of sp³-hybridized carbons (Fsp3) is 0. The maximum Gasteiger partial charge on any atom is 0.257 e. The fourth-order valence-corrected chi connectivity index (χ4v) is 5.55. The standard InChI is InChI=1S/C25H16ClN3OS2/c26-19-11-5-4-10-17(19)23(30)29-20-12-6-7-13-21(20)32-25-22-18(16-8-2-1-3-9-16)14-31-24(22)27-15-28-25/h1-15H,(H,29,30). The van der Waals surface area contributed by atoms with E-state index in [1.165, 1.54) is 11.8 Å². The van der Waals surface area contributed by atoms with Gasteiger partial charge < -0.3 is 5.32 Å². The lowest BCUT2D eigenvalue weighted by molar-refractivity contribution is 0.102. The molecule has 0 spiro atoms. The van der Waals surface area contributed by atoms with Gasteiger partial charge in [0.1, 0.15) is 16.2 Å². The highest BCUT2D eigenvalue weighted by Gasteiger charge is 2.17. The van der Waals surface area contributed by atoms with Gasteiger partial charge in [-0.3, -0.25) is 4.79 Å². The summed E-state index contributed by atoms with van der Waals surface area (Å²) in [5.74, 6) is -0.253. The molecule has 2 heterocycles. The minimum absolute atomic E-state index is 0.253. The van der Waals surface area contributed by atoms with Crippen LogP contribution in [0.25, 0.3) is 21.3 Å². The van der Waals surface area contributed by atoms with Crippen LogP contribution in [0.5, 0.6) is 0 Å². The topological polar surface area (TPSA) is 54.9 Å². The molecule has 1 amide bonds. The van der Waals surface area contributed by atoms with Crippen molar-refractivity contribution in [3.63, 3.8) is 0 Å². The van der Waals surface area contributed by atoms with Gasteiger partial charge in [0, 0.05) is 15.8 Å². The van der Waals surface area contributed by atoms with Crippen molar-refractivity contribution in [3.8, 4) is 11.1 Å². The molecule has 4 nitrogen and oxygen atoms in total. The van der Waals surface area contributed by atoms with Gasteiger partial charge in [-0.2, -0.15) is 0 Å². The van der Waals surface area contributed by atoms with E-state index in [0.29, 0.717) is 16.3 Å². The maximum atomic E-state index is 12.8. The molecule has 0 unspecified atom stereocenters. The Morgan fingerprint density at radius 3 is 2.50 bits per heavy atom. The third-order valence-electron chi connectivity index (χ3n) is 4.88. The number of halogens is 1. The Kier molecular flexibility index (Phi) is 5.90. The Balaban J connectivity index is 1.51. The predicted octanol–water partition coefficient (Wildman–Crippen LogP) is 7.42. The molecule has 0 saturated heterocycles. The molecule has 0 aliphatic carbocycles. The molecule has 156 valence electrons. The first-order chi connectivity index (χ1) is 15.7. The van der Waals surface area contributed by atoms with Crippen molar-refractivity contribution in [2.75, 3.05) is 5.32 Å². The Labute approximate surface area is 198 Å². The molecular formula is C25H16ClN3OS2. The van der Waals surface area contributed by atoms with Crippen LogP contribution in [0.1, 0.15) is 10.4 Å². The quantitative estimate of drug-likeness (QED) is 0.270. The molecule has 0 fully saturated rings. The van der Waals surface area contributed by atoms with E-state index in [9.17, 15) is 4.79 Å². The summed E-state index contributed by atoms with van der Waals surface area (Å²) in [5.41, 5.74) is 3.36. The smallest absolute Gasteiger partial charge is 0.257 e. The molecule has 7 heteroatoms. The van der Waals surface area contributed by atoms with E-state index in [2.05, 4.69) is 32.8 Å². The van der Waals surface area contributed by atoms with Crippen LogP contribution in [0.2, 0.25) is 5.02 Å². The van der Waals surface area contributed by atoms with Crippen molar-refractivity contribution in [1.82, 2.24) is 9.97 Å². The van der Waals surface area contributed by atoms with Crippen LogP contribution in [-0.2, 0) is 0 Å². The number of carbonyl (C=O) groups is 1. The van der Waals surface area contributed by atoms with Crippen molar-refractivity contribution in [2.45, 2.75) is 9.92 Å². The molecule has 5 rings (SSSR count). The second kappa shape index (κ2) is 9.12. The van der Waals surface area contributed by atoms with Crippen molar-refractivity contribution < 1.29 is 4.79 Å². The van der Waals surface area contributed by atoms with Crippen molar-refractivity contribution in [1.29, 1.82) is 0 Å². The van der Waals surface area contributed by atoms with E-state index in [0.717, 1.165) is 31.3 Å². The first-order valence-corrected chi connectivity index (χ1v) is 11.9. The lowest BCUT2D eigenvalue weighted by atomic mass is 10.1. The maximum absolute atomic E-state index is 12.8. The molecular weight excluding hydrogens is 458 g/mol. The number of hydrogen-bond acceptors (Lipinski definition) is 5. The van der Waals surface area contributed by atoms with Gasteiger partial charge >= 0.3 is 0 Å². The molecule has 5 aromatic rings. The molecule has 0 aliphatic heterocycles. The first-order valence-electron chi connectivity index (χ1n) is 9.81. The number of benzene rings is 3. The van der Waals surface area contributed by atoms with Gasteiger partial charge in [-0.25, -0.2) is 9.97 Å². The van der Waals surface area contributed by atoms with E-state index in [-0.39, 0.29) is 5.91 Å². The summed E-state index contributed by atoms with van der Waals surface area (Å²) in [4.78, 5) is 23.7. The average Bonchev–Trinajstić information content (AvgIpc) is 3.26. The highest BCUT2D eigenvalue weighted by Crippen LogP contribution is 2.41. The number of para-hydroxylation sites is 1. The van der Waals surface area contributed by atoms with E-state index in [4.69, 9.17) is 11.6 Å². The highest BCUT2D eigenvalue weighted by atomic mass is 35.5. The number of rotatable bonds is 5. The summed E-state index contributed by atoms with van der Waals surface area (Å²) < 4.78 is 0. The van der Waals surface area contributed by atoms with Crippen molar-refractivity contribution >= 4 is 56.5 Å². The molecule has 32 heavy (non-hydrogen) atoms. The van der Waals surface area contributed by atoms with Crippen molar-refractivity contribution in [2.24, 2.45) is 0 Å². The van der Waals surface area contributed by atoms with E-state index < -0.39 is 0 Å². The van der Waals surface area contributed by atoms with Crippen LogP contribution >= 0.6 is 34.7 Å². The number of anilines is 1. The number of nitrogens with one attached hydrogen (secondary N) is 1. The molecule has 0 aliphatic rings. The average molecular weight is 474 g/mol. The Bertz CT molecular complexity index is 1420. The van der Waals surface area contributed by atoms with Gasteiger partial charge in [0.25, 0.3) is 5.91 Å². The summed E-state index contributed by atoms with van der Waals surface area (Å²) >= 11 is 9.31. The zero-order chi connectivity index (χ0) is 21.9. The molecule has 0 saturated carbocycles. The van der Waals surface area contributed by atoms with Crippen LogP contribution in [0.4, 0.5) is 5.69 Å². The number of carbonyl (C=O) groups excluding carboxylic acids is 1. The second-order valence-corrected chi connectivity index (χ2v) is 9.20. The third kappa shape index (κ3) is 4.12. The highest BCUT2D eigenvalue weighted by molar-refractivity contribution is 7.99. The number of aromatic nitrogens is 2. The minimum atomic E-state index is -0.253. The number of hydrogen-bond donors (Lipinski definition) is 1. The van der Waals surface area contributed by atoms with Gasteiger partial charge in [-0.1, -0.05) is 78.0 Å². The zero-order valence-electron chi connectivity index (χ0n) is 16.7. The molecule has 0 radical (unpaired) electrons. The number of thiophene rings is 1. The molecule has 2 aromatic heterocycles. The molecule has 0 atom stereocenters. The summed E-state index contributed by atoms with van der Waals surface area (Å²) in [5, 5.41) is 7.38. The zero-order valence-corrected chi connectivity index (χ0v) is 19.0. The summed E-state index contributed by atoms with van der Waals surface area (Å²) in [6, 6.07) is 24.9. The Morgan fingerprint density at radius 1 is 0.906 bits per heavy atom. The van der Waals surface area contributed by atoms with Gasteiger partial charge in [0.05, 0.1) is 21.7 Å². The van der Waals surface area contributed by atoms with Crippen LogP contribution in [0.3, 0.4) is 0 Å². The molecule has 0 bridgehead atoms. The molecule has 1 N–H and O–H groups in total. The lowest BCUT2D eigenvalue weighted by Crippen LogP contribution is -2.13. The van der Waals surface area contributed by atoms with Crippen LogP contribution in [-0.4, -0.2) is 15.9 Å².